The average Bonchev–Trinajstić information content (AvgIpc) is 2.65. The van der Waals surface area contributed by atoms with Crippen molar-refractivity contribution in [1.29, 1.82) is 0 Å². The van der Waals surface area contributed by atoms with Crippen molar-refractivity contribution in [2.45, 2.75) is 59.4 Å². The number of hydrogen-bond donors (Lipinski definition) is 1. The van der Waals surface area contributed by atoms with Gasteiger partial charge in [0.15, 0.2) is 0 Å². The molecule has 1 aromatic rings. The Hall–Kier alpha value is -1.01. The van der Waals surface area contributed by atoms with Gasteiger partial charge in [0, 0.05) is 6.04 Å². The van der Waals surface area contributed by atoms with Crippen LogP contribution in [0.25, 0.3) is 0 Å². The summed E-state index contributed by atoms with van der Waals surface area (Å²) in [5.74, 6) is 1.38. The molecule has 6 heteroatoms. The molecule has 122 valence electrons. The molecular formula is C15H25F3N2O. The highest BCUT2D eigenvalue weighted by molar-refractivity contribution is 5.20. The van der Waals surface area contributed by atoms with Crippen LogP contribution in [0.2, 0.25) is 0 Å². The molecule has 0 spiro atoms. The summed E-state index contributed by atoms with van der Waals surface area (Å²) in [5, 5.41) is 3.25. The Labute approximate surface area is 124 Å². The van der Waals surface area contributed by atoms with Crippen molar-refractivity contribution in [3.8, 4) is 0 Å². The lowest BCUT2D eigenvalue weighted by atomic mass is 10.2. The Bertz CT molecular complexity index is 427. The molecule has 0 aromatic carbocycles. The van der Waals surface area contributed by atoms with Crippen molar-refractivity contribution < 1.29 is 17.6 Å². The molecule has 0 saturated carbocycles. The molecule has 0 atom stereocenters. The zero-order valence-electron chi connectivity index (χ0n) is 13.2. The zero-order valence-corrected chi connectivity index (χ0v) is 13.2. The normalized spacial score (nSPS) is 12.6. The minimum atomic E-state index is -4.18. The lowest BCUT2D eigenvalue weighted by molar-refractivity contribution is -0.147. The standard InChI is InChI=1S/C15H25F3N2O/c1-5-6-20(10-15(16,17)18)9-13-7-12(4)14(21-13)8-19-11(2)3/h7,11,19H,5-6,8-10H2,1-4H3. The number of alkyl halides is 3. The quantitative estimate of drug-likeness (QED) is 0.790. The van der Waals surface area contributed by atoms with Gasteiger partial charge in [-0.1, -0.05) is 20.8 Å². The largest absolute Gasteiger partial charge is 0.463 e. The molecule has 1 rings (SSSR count). The fraction of sp³-hybridized carbons (Fsp3) is 0.733. The summed E-state index contributed by atoms with van der Waals surface area (Å²) in [6, 6.07) is 2.16. The van der Waals surface area contributed by atoms with Crippen LogP contribution in [0.1, 0.15) is 44.3 Å². The second kappa shape index (κ2) is 7.84. The van der Waals surface area contributed by atoms with E-state index in [1.54, 1.807) is 0 Å². The van der Waals surface area contributed by atoms with Crippen molar-refractivity contribution in [1.82, 2.24) is 10.2 Å². The van der Waals surface area contributed by atoms with E-state index in [0.717, 1.165) is 11.3 Å². The van der Waals surface area contributed by atoms with E-state index in [2.05, 4.69) is 5.32 Å². The summed E-state index contributed by atoms with van der Waals surface area (Å²) in [6.45, 7) is 8.13. The van der Waals surface area contributed by atoms with E-state index in [0.29, 0.717) is 31.3 Å². The first-order chi connectivity index (χ1) is 9.71. The molecule has 3 nitrogen and oxygen atoms in total. The molecule has 1 heterocycles. The van der Waals surface area contributed by atoms with Gasteiger partial charge in [-0.2, -0.15) is 13.2 Å². The van der Waals surface area contributed by atoms with E-state index < -0.39 is 12.7 Å². The van der Waals surface area contributed by atoms with Gasteiger partial charge in [-0.3, -0.25) is 4.90 Å². The third kappa shape index (κ3) is 7.00. The van der Waals surface area contributed by atoms with Crippen molar-refractivity contribution in [2.75, 3.05) is 13.1 Å². The average molecular weight is 306 g/mol. The summed E-state index contributed by atoms with van der Waals surface area (Å²) < 4.78 is 43.3. The summed E-state index contributed by atoms with van der Waals surface area (Å²) in [4.78, 5) is 1.37. The van der Waals surface area contributed by atoms with Crippen LogP contribution < -0.4 is 5.32 Å². The maximum absolute atomic E-state index is 12.5. The maximum Gasteiger partial charge on any atom is 0.401 e. The molecule has 21 heavy (non-hydrogen) atoms. The molecule has 0 unspecified atom stereocenters. The van der Waals surface area contributed by atoms with Gasteiger partial charge in [0.05, 0.1) is 19.6 Å². The monoisotopic (exact) mass is 306 g/mol. The molecule has 0 aliphatic rings. The third-order valence-electron chi connectivity index (χ3n) is 3.06. The van der Waals surface area contributed by atoms with Crippen LogP contribution >= 0.6 is 0 Å². The van der Waals surface area contributed by atoms with Crippen LogP contribution in [-0.2, 0) is 13.1 Å². The van der Waals surface area contributed by atoms with Gasteiger partial charge in [-0.25, -0.2) is 0 Å². The molecule has 0 amide bonds. The van der Waals surface area contributed by atoms with Gasteiger partial charge in [-0.15, -0.1) is 0 Å². The number of aryl methyl sites for hydroxylation is 1. The molecular weight excluding hydrogens is 281 g/mol. The van der Waals surface area contributed by atoms with Gasteiger partial charge in [-0.05, 0) is 31.5 Å². The second-order valence-corrected chi connectivity index (χ2v) is 5.68. The van der Waals surface area contributed by atoms with Gasteiger partial charge < -0.3 is 9.73 Å². The van der Waals surface area contributed by atoms with Gasteiger partial charge in [0.25, 0.3) is 0 Å². The molecule has 0 aliphatic carbocycles. The molecule has 0 fully saturated rings. The van der Waals surface area contributed by atoms with Crippen LogP contribution in [0.4, 0.5) is 13.2 Å². The molecule has 0 saturated heterocycles. The van der Waals surface area contributed by atoms with E-state index in [-0.39, 0.29) is 6.54 Å². The van der Waals surface area contributed by atoms with E-state index in [4.69, 9.17) is 4.42 Å². The minimum absolute atomic E-state index is 0.190. The topological polar surface area (TPSA) is 28.4 Å². The van der Waals surface area contributed by atoms with Crippen LogP contribution in [0.15, 0.2) is 10.5 Å². The van der Waals surface area contributed by atoms with E-state index >= 15 is 0 Å². The molecule has 0 radical (unpaired) electrons. The summed E-state index contributed by atoms with van der Waals surface area (Å²) >= 11 is 0. The van der Waals surface area contributed by atoms with E-state index in [9.17, 15) is 13.2 Å². The third-order valence-corrected chi connectivity index (χ3v) is 3.06. The number of hydrogen-bond acceptors (Lipinski definition) is 3. The SMILES string of the molecule is CCCN(Cc1cc(C)c(CNC(C)C)o1)CC(F)(F)F. The van der Waals surface area contributed by atoms with Gasteiger partial charge >= 0.3 is 6.18 Å². The smallest absolute Gasteiger partial charge is 0.401 e. The minimum Gasteiger partial charge on any atom is -0.463 e. The second-order valence-electron chi connectivity index (χ2n) is 5.68. The van der Waals surface area contributed by atoms with Crippen LogP contribution in [-0.4, -0.2) is 30.2 Å². The highest BCUT2D eigenvalue weighted by Gasteiger charge is 2.30. The summed E-state index contributed by atoms with van der Waals surface area (Å²) in [6.07, 6.45) is -3.50. The van der Waals surface area contributed by atoms with Crippen LogP contribution in [0.3, 0.4) is 0 Å². The fourth-order valence-corrected chi connectivity index (χ4v) is 2.14. The zero-order chi connectivity index (χ0) is 16.0. The van der Waals surface area contributed by atoms with Crippen molar-refractivity contribution in [3.63, 3.8) is 0 Å². The highest BCUT2D eigenvalue weighted by atomic mass is 19.4. The van der Waals surface area contributed by atoms with Gasteiger partial charge in [0.2, 0.25) is 0 Å². The number of rotatable bonds is 8. The molecule has 1 N–H and O–H groups in total. The predicted molar refractivity (Wildman–Crippen MR) is 77.0 cm³/mol. The Morgan fingerprint density at radius 2 is 2.00 bits per heavy atom. The van der Waals surface area contributed by atoms with Crippen molar-refractivity contribution >= 4 is 0 Å². The fourth-order valence-electron chi connectivity index (χ4n) is 2.14. The van der Waals surface area contributed by atoms with Crippen LogP contribution in [0.5, 0.6) is 0 Å². The first-order valence-electron chi connectivity index (χ1n) is 7.32. The first kappa shape index (κ1) is 18.0. The van der Waals surface area contributed by atoms with Crippen LogP contribution in [0, 0.1) is 6.92 Å². The Balaban J connectivity index is 2.68. The number of halogens is 3. The number of nitrogens with zero attached hydrogens (tertiary/aromatic N) is 1. The summed E-state index contributed by atoms with van der Waals surface area (Å²) in [5.41, 5.74) is 0.974. The Morgan fingerprint density at radius 1 is 1.33 bits per heavy atom. The highest BCUT2D eigenvalue weighted by Crippen LogP contribution is 2.21. The number of nitrogens with one attached hydrogen (secondary N) is 1. The van der Waals surface area contributed by atoms with E-state index in [1.165, 1.54) is 4.90 Å². The Kier molecular flexibility index (Phi) is 6.74. The number of furan rings is 1. The van der Waals surface area contributed by atoms with Crippen molar-refractivity contribution in [3.05, 3.63) is 23.2 Å². The first-order valence-corrected chi connectivity index (χ1v) is 7.32. The predicted octanol–water partition coefficient (Wildman–Crippen LogP) is 3.86. The summed E-state index contributed by atoms with van der Waals surface area (Å²) in [7, 11) is 0. The van der Waals surface area contributed by atoms with Gasteiger partial charge in [0.1, 0.15) is 11.5 Å². The molecule has 0 bridgehead atoms. The molecule has 1 aromatic heterocycles. The lowest BCUT2D eigenvalue weighted by Gasteiger charge is -2.21. The molecule has 0 aliphatic heterocycles. The Morgan fingerprint density at radius 3 is 2.52 bits per heavy atom. The van der Waals surface area contributed by atoms with E-state index in [1.807, 2.05) is 33.8 Å². The van der Waals surface area contributed by atoms with Crippen molar-refractivity contribution in [2.24, 2.45) is 0 Å². The lowest BCUT2D eigenvalue weighted by Crippen LogP contribution is -2.34. The maximum atomic E-state index is 12.5.